The van der Waals surface area contributed by atoms with Gasteiger partial charge in [0.25, 0.3) is 0 Å². The van der Waals surface area contributed by atoms with E-state index in [0.29, 0.717) is 0 Å². The summed E-state index contributed by atoms with van der Waals surface area (Å²) < 4.78 is 0. The van der Waals surface area contributed by atoms with Crippen molar-refractivity contribution in [3.8, 4) is 0 Å². The second-order valence-electron chi connectivity index (χ2n) is 7.38. The van der Waals surface area contributed by atoms with Crippen molar-refractivity contribution in [3.63, 3.8) is 0 Å². The fourth-order valence-electron chi connectivity index (χ4n) is 4.05. The molecule has 2 aliphatic heterocycles. The van der Waals surface area contributed by atoms with E-state index in [1.165, 1.54) is 38.2 Å². The topological polar surface area (TPSA) is 34.6 Å². The van der Waals surface area contributed by atoms with Crippen molar-refractivity contribution in [2.45, 2.75) is 19.0 Å². The van der Waals surface area contributed by atoms with Gasteiger partial charge in [-0.05, 0) is 30.2 Å². The van der Waals surface area contributed by atoms with Crippen LogP contribution in [0.25, 0.3) is 0 Å². The van der Waals surface area contributed by atoms with Crippen molar-refractivity contribution in [1.29, 1.82) is 0 Å². The van der Waals surface area contributed by atoms with Crippen molar-refractivity contribution in [1.82, 2.24) is 20.1 Å². The third kappa shape index (κ3) is 4.06. The number of anilines is 2. The van der Waals surface area contributed by atoms with Crippen molar-refractivity contribution in [2.24, 2.45) is 0 Å². The molecular formula is C21H29N5. The molecule has 3 heterocycles. The molecule has 0 bridgehead atoms. The second kappa shape index (κ2) is 8.16. The highest BCUT2D eigenvalue weighted by atomic mass is 15.3. The summed E-state index contributed by atoms with van der Waals surface area (Å²) in [6.45, 7) is 8.05. The minimum atomic E-state index is 0.730. The molecule has 0 radical (unpaired) electrons. The van der Waals surface area contributed by atoms with Crippen LogP contribution in [0.15, 0.2) is 48.7 Å². The Kier molecular flexibility index (Phi) is 5.48. The number of para-hydroxylation sites is 1. The van der Waals surface area contributed by atoms with Gasteiger partial charge in [-0.1, -0.05) is 24.3 Å². The molecule has 1 N–H and O–H groups in total. The van der Waals surface area contributed by atoms with Crippen molar-refractivity contribution in [3.05, 3.63) is 54.2 Å². The van der Waals surface area contributed by atoms with Gasteiger partial charge < -0.3 is 10.2 Å². The van der Waals surface area contributed by atoms with E-state index in [4.69, 9.17) is 0 Å². The van der Waals surface area contributed by atoms with Gasteiger partial charge in [0.05, 0.1) is 0 Å². The zero-order valence-corrected chi connectivity index (χ0v) is 15.6. The zero-order chi connectivity index (χ0) is 17.8. The van der Waals surface area contributed by atoms with Crippen LogP contribution in [-0.4, -0.2) is 67.1 Å². The Morgan fingerprint density at radius 1 is 1.08 bits per heavy atom. The number of aromatic nitrogens is 1. The van der Waals surface area contributed by atoms with Gasteiger partial charge in [-0.3, -0.25) is 9.80 Å². The lowest BCUT2D eigenvalue weighted by Crippen LogP contribution is -2.49. The number of likely N-dealkylation sites (tertiary alicyclic amines) is 1. The van der Waals surface area contributed by atoms with Gasteiger partial charge in [0.2, 0.25) is 0 Å². The number of benzene rings is 1. The predicted molar refractivity (Wildman–Crippen MR) is 107 cm³/mol. The summed E-state index contributed by atoms with van der Waals surface area (Å²) in [5.41, 5.74) is 2.46. The first-order valence-corrected chi connectivity index (χ1v) is 9.70. The Labute approximate surface area is 156 Å². The van der Waals surface area contributed by atoms with E-state index in [-0.39, 0.29) is 0 Å². The highest BCUT2D eigenvalue weighted by Crippen LogP contribution is 2.22. The molecule has 4 rings (SSSR count). The number of piperazine rings is 1. The summed E-state index contributed by atoms with van der Waals surface area (Å²) in [7, 11) is 2.07. The average molecular weight is 351 g/mol. The Morgan fingerprint density at radius 2 is 1.88 bits per heavy atom. The van der Waals surface area contributed by atoms with Gasteiger partial charge in [-0.15, -0.1) is 0 Å². The molecule has 0 aliphatic carbocycles. The monoisotopic (exact) mass is 351 g/mol. The number of nitrogens with zero attached hydrogens (tertiary/aromatic N) is 4. The smallest absolute Gasteiger partial charge is 0.132 e. The normalized spacial score (nSPS) is 21.8. The van der Waals surface area contributed by atoms with E-state index in [1.54, 1.807) is 0 Å². The standard InChI is InChI=1S/C21H29N5/c1-24(19-5-3-2-4-6-19)21-8-7-18(15-23-21)16-25-12-9-20(17-25)26-13-10-22-11-14-26/h2-8,15,20,22H,9-14,16-17H2,1H3. The lowest BCUT2D eigenvalue weighted by Gasteiger charge is -2.32. The maximum atomic E-state index is 4.69. The molecule has 1 unspecified atom stereocenters. The molecule has 1 atom stereocenters. The third-order valence-electron chi connectivity index (χ3n) is 5.62. The average Bonchev–Trinajstić information content (AvgIpc) is 3.18. The van der Waals surface area contributed by atoms with E-state index < -0.39 is 0 Å². The van der Waals surface area contributed by atoms with Gasteiger partial charge in [0, 0.05) is 70.8 Å². The van der Waals surface area contributed by atoms with E-state index >= 15 is 0 Å². The Balaban J connectivity index is 1.33. The van der Waals surface area contributed by atoms with Crippen molar-refractivity contribution >= 4 is 11.5 Å². The molecular weight excluding hydrogens is 322 g/mol. The van der Waals surface area contributed by atoms with Crippen LogP contribution in [0.3, 0.4) is 0 Å². The SMILES string of the molecule is CN(c1ccccc1)c1ccc(CN2CCC(N3CCNCC3)C2)cn1. The first kappa shape index (κ1) is 17.5. The molecule has 2 aromatic rings. The largest absolute Gasteiger partial charge is 0.329 e. The van der Waals surface area contributed by atoms with Gasteiger partial charge in [0.15, 0.2) is 0 Å². The zero-order valence-electron chi connectivity index (χ0n) is 15.6. The van der Waals surface area contributed by atoms with Crippen molar-refractivity contribution < 1.29 is 0 Å². The first-order valence-electron chi connectivity index (χ1n) is 9.70. The highest BCUT2D eigenvalue weighted by molar-refractivity contribution is 5.58. The van der Waals surface area contributed by atoms with E-state index in [2.05, 4.69) is 68.4 Å². The third-order valence-corrected chi connectivity index (χ3v) is 5.62. The maximum absolute atomic E-state index is 4.69. The summed E-state index contributed by atoms with van der Waals surface area (Å²) in [4.78, 5) is 12.0. The molecule has 2 aliphatic rings. The molecule has 0 amide bonds. The number of pyridine rings is 1. The number of hydrogen-bond donors (Lipinski definition) is 1. The van der Waals surface area contributed by atoms with Crippen LogP contribution < -0.4 is 10.2 Å². The fraction of sp³-hybridized carbons (Fsp3) is 0.476. The summed E-state index contributed by atoms with van der Waals surface area (Å²) in [6.07, 6.45) is 3.33. The molecule has 0 spiro atoms. The molecule has 2 fully saturated rings. The number of rotatable bonds is 5. The van der Waals surface area contributed by atoms with Crippen molar-refractivity contribution in [2.75, 3.05) is 51.2 Å². The molecule has 5 heteroatoms. The minimum Gasteiger partial charge on any atom is -0.329 e. The molecule has 0 saturated carbocycles. The lowest BCUT2D eigenvalue weighted by atomic mass is 10.2. The van der Waals surface area contributed by atoms with Crippen LogP contribution >= 0.6 is 0 Å². The van der Waals surface area contributed by atoms with Crippen LogP contribution in [0.2, 0.25) is 0 Å². The van der Waals surface area contributed by atoms with Gasteiger partial charge >= 0.3 is 0 Å². The van der Waals surface area contributed by atoms with Crippen LogP contribution in [0, 0.1) is 0 Å². The Hall–Kier alpha value is -1.95. The Morgan fingerprint density at radius 3 is 2.62 bits per heavy atom. The highest BCUT2D eigenvalue weighted by Gasteiger charge is 2.28. The predicted octanol–water partition coefficient (Wildman–Crippen LogP) is 2.33. The summed E-state index contributed by atoms with van der Waals surface area (Å²) in [5, 5.41) is 3.45. The number of nitrogens with one attached hydrogen (secondary N) is 1. The summed E-state index contributed by atoms with van der Waals surface area (Å²) in [6, 6.07) is 15.5. The molecule has 1 aromatic heterocycles. The van der Waals surface area contributed by atoms with Crippen LogP contribution in [0.4, 0.5) is 11.5 Å². The van der Waals surface area contributed by atoms with Crippen LogP contribution in [-0.2, 0) is 6.54 Å². The Bertz CT molecular complexity index is 681. The van der Waals surface area contributed by atoms with Gasteiger partial charge in [-0.25, -0.2) is 4.98 Å². The quantitative estimate of drug-likeness (QED) is 0.894. The van der Waals surface area contributed by atoms with E-state index in [1.807, 2.05) is 12.3 Å². The summed E-state index contributed by atoms with van der Waals surface area (Å²) in [5.74, 6) is 0.986. The van der Waals surface area contributed by atoms with Crippen LogP contribution in [0.5, 0.6) is 0 Å². The van der Waals surface area contributed by atoms with Gasteiger partial charge in [0.1, 0.15) is 5.82 Å². The fourth-order valence-corrected chi connectivity index (χ4v) is 4.05. The maximum Gasteiger partial charge on any atom is 0.132 e. The second-order valence-corrected chi connectivity index (χ2v) is 7.38. The van der Waals surface area contributed by atoms with Gasteiger partial charge in [-0.2, -0.15) is 0 Å². The summed E-state index contributed by atoms with van der Waals surface area (Å²) >= 11 is 0. The van der Waals surface area contributed by atoms with E-state index in [0.717, 1.165) is 37.2 Å². The molecule has 26 heavy (non-hydrogen) atoms. The molecule has 138 valence electrons. The number of hydrogen-bond acceptors (Lipinski definition) is 5. The molecule has 2 saturated heterocycles. The first-order chi connectivity index (χ1) is 12.8. The lowest BCUT2D eigenvalue weighted by molar-refractivity contribution is 0.170. The van der Waals surface area contributed by atoms with Crippen LogP contribution in [0.1, 0.15) is 12.0 Å². The minimum absolute atomic E-state index is 0.730. The molecule has 1 aromatic carbocycles. The van der Waals surface area contributed by atoms with E-state index in [9.17, 15) is 0 Å². The molecule has 5 nitrogen and oxygen atoms in total.